The summed E-state index contributed by atoms with van der Waals surface area (Å²) in [6, 6.07) is 10.8. The summed E-state index contributed by atoms with van der Waals surface area (Å²) < 4.78 is 29.7. The third-order valence-corrected chi connectivity index (χ3v) is 6.76. The zero-order valence-electron chi connectivity index (χ0n) is 14.6. The van der Waals surface area contributed by atoms with Gasteiger partial charge in [0.25, 0.3) is 0 Å². The lowest BCUT2D eigenvalue weighted by Crippen LogP contribution is -2.23. The zero-order valence-corrected chi connectivity index (χ0v) is 16.3. The molecule has 0 unspecified atom stereocenters. The van der Waals surface area contributed by atoms with Crippen LogP contribution in [0, 0.1) is 0 Å². The van der Waals surface area contributed by atoms with Gasteiger partial charge in [-0.25, -0.2) is 22.8 Å². The second-order valence-electron chi connectivity index (χ2n) is 5.82. The van der Waals surface area contributed by atoms with Crippen molar-refractivity contribution in [1.82, 2.24) is 24.8 Å². The number of carbonyl (C=O) groups excluding carboxylic acids is 1. The van der Waals surface area contributed by atoms with E-state index in [1.54, 1.807) is 23.1 Å². The third-order valence-electron chi connectivity index (χ3n) is 3.78. The molecule has 0 saturated heterocycles. The summed E-state index contributed by atoms with van der Waals surface area (Å²) in [5, 5.41) is 6.74. The molecule has 1 aromatic carbocycles. The summed E-state index contributed by atoms with van der Waals surface area (Å²) in [5.74, 6) is -0.157. The molecular weight excluding hydrogens is 386 g/mol. The zero-order chi connectivity index (χ0) is 19.3. The van der Waals surface area contributed by atoms with Crippen molar-refractivity contribution in [2.45, 2.75) is 30.8 Å². The first kappa shape index (κ1) is 19.2. The normalized spacial score (nSPS) is 11.4. The van der Waals surface area contributed by atoms with Crippen molar-refractivity contribution in [2.75, 3.05) is 0 Å². The highest BCUT2D eigenvalue weighted by Gasteiger charge is 2.17. The Morgan fingerprint density at radius 3 is 2.63 bits per heavy atom. The number of hydrogen-bond donors (Lipinski definition) is 2. The molecule has 0 bridgehead atoms. The van der Waals surface area contributed by atoms with Gasteiger partial charge < -0.3 is 5.32 Å². The Bertz CT molecular complexity index is 1010. The largest absolute Gasteiger partial charge is 0.351 e. The van der Waals surface area contributed by atoms with Crippen molar-refractivity contribution < 1.29 is 13.2 Å². The van der Waals surface area contributed by atoms with E-state index in [1.807, 2.05) is 24.3 Å². The molecule has 3 rings (SSSR count). The maximum atomic E-state index is 12.6. The predicted octanol–water partition coefficient (Wildman–Crippen LogP) is 1.50. The Balaban J connectivity index is 1.68. The summed E-state index contributed by atoms with van der Waals surface area (Å²) in [5.41, 5.74) is 1.83. The Morgan fingerprint density at radius 2 is 1.93 bits per heavy atom. The number of hydrogen-bond acceptors (Lipinski definition) is 6. The van der Waals surface area contributed by atoms with E-state index in [0.29, 0.717) is 13.1 Å². The van der Waals surface area contributed by atoms with E-state index < -0.39 is 10.0 Å². The summed E-state index contributed by atoms with van der Waals surface area (Å²) in [7, 11) is -3.63. The minimum Gasteiger partial charge on any atom is -0.351 e. The molecule has 0 aliphatic carbocycles. The highest BCUT2D eigenvalue weighted by atomic mass is 32.2. The summed E-state index contributed by atoms with van der Waals surface area (Å²) in [6.07, 6.45) is 3.07. The fourth-order valence-corrected chi connectivity index (χ4v) is 4.77. The number of rotatable bonds is 8. The van der Waals surface area contributed by atoms with E-state index in [9.17, 15) is 13.2 Å². The monoisotopic (exact) mass is 405 g/mol. The van der Waals surface area contributed by atoms with E-state index in [2.05, 4.69) is 20.1 Å². The minimum atomic E-state index is -3.63. The van der Waals surface area contributed by atoms with E-state index in [0.717, 1.165) is 27.3 Å². The third kappa shape index (κ3) is 5.22. The van der Waals surface area contributed by atoms with Gasteiger partial charge in [0.1, 0.15) is 16.9 Å². The molecule has 1 amide bonds. The van der Waals surface area contributed by atoms with Crippen LogP contribution in [-0.2, 0) is 34.5 Å². The fraction of sp³-hybridized carbons (Fsp3) is 0.235. The van der Waals surface area contributed by atoms with Crippen molar-refractivity contribution in [2.24, 2.45) is 0 Å². The van der Waals surface area contributed by atoms with Gasteiger partial charge in [-0.3, -0.25) is 4.79 Å². The number of sulfonamides is 1. The van der Waals surface area contributed by atoms with Crippen LogP contribution in [0.25, 0.3) is 0 Å². The van der Waals surface area contributed by atoms with Gasteiger partial charge in [0, 0.05) is 18.3 Å². The Labute approximate surface area is 161 Å². The highest BCUT2D eigenvalue weighted by molar-refractivity contribution is 7.91. The molecule has 0 fully saturated rings. The van der Waals surface area contributed by atoms with Crippen LogP contribution in [0.5, 0.6) is 0 Å². The van der Waals surface area contributed by atoms with Crippen molar-refractivity contribution >= 4 is 27.3 Å². The van der Waals surface area contributed by atoms with Crippen LogP contribution >= 0.6 is 11.3 Å². The Kier molecular flexibility index (Phi) is 5.99. The quantitative estimate of drug-likeness (QED) is 0.591. The molecule has 10 heteroatoms. The molecule has 0 radical (unpaired) electrons. The standard InChI is InChI=1S/C17H19N5O3S2/c1-13(23)19-9-16-6-7-17(26-16)27(24,25)21-8-14-4-2-3-5-15(14)10-22-12-18-11-20-22/h2-7,11-12,21H,8-10H2,1H3,(H,19,23). The van der Waals surface area contributed by atoms with Gasteiger partial charge >= 0.3 is 0 Å². The predicted molar refractivity (Wildman–Crippen MR) is 101 cm³/mol. The fourth-order valence-electron chi connectivity index (χ4n) is 2.43. The first-order valence-corrected chi connectivity index (χ1v) is 10.5. The number of carbonyl (C=O) groups is 1. The molecule has 3 aromatic rings. The minimum absolute atomic E-state index is 0.157. The van der Waals surface area contributed by atoms with E-state index in [1.165, 1.54) is 13.3 Å². The average Bonchev–Trinajstić information content (AvgIpc) is 3.31. The van der Waals surface area contributed by atoms with Crippen molar-refractivity contribution in [3.05, 3.63) is 65.1 Å². The number of amides is 1. The van der Waals surface area contributed by atoms with E-state index in [-0.39, 0.29) is 16.7 Å². The summed E-state index contributed by atoms with van der Waals surface area (Å²) >= 11 is 1.14. The van der Waals surface area contributed by atoms with Gasteiger partial charge in [-0.1, -0.05) is 24.3 Å². The lowest BCUT2D eigenvalue weighted by molar-refractivity contribution is -0.119. The number of thiophene rings is 1. The molecular formula is C17H19N5O3S2. The number of nitrogens with zero attached hydrogens (tertiary/aromatic N) is 3. The topological polar surface area (TPSA) is 106 Å². The van der Waals surface area contributed by atoms with Gasteiger partial charge in [0.15, 0.2) is 0 Å². The molecule has 0 aliphatic heterocycles. The second kappa shape index (κ2) is 8.42. The van der Waals surface area contributed by atoms with Crippen molar-refractivity contribution in [1.29, 1.82) is 0 Å². The molecule has 2 aromatic heterocycles. The Hall–Kier alpha value is -2.56. The molecule has 0 aliphatic rings. The van der Waals surface area contributed by atoms with Crippen molar-refractivity contribution in [3.8, 4) is 0 Å². The highest BCUT2D eigenvalue weighted by Crippen LogP contribution is 2.22. The summed E-state index contributed by atoms with van der Waals surface area (Å²) in [4.78, 5) is 15.7. The van der Waals surface area contributed by atoms with Crippen LogP contribution < -0.4 is 10.0 Å². The lowest BCUT2D eigenvalue weighted by atomic mass is 10.1. The second-order valence-corrected chi connectivity index (χ2v) is 8.98. The first-order chi connectivity index (χ1) is 12.9. The molecule has 142 valence electrons. The smallest absolute Gasteiger partial charge is 0.250 e. The van der Waals surface area contributed by atoms with E-state index in [4.69, 9.17) is 0 Å². The summed E-state index contributed by atoms with van der Waals surface area (Å²) in [6.45, 7) is 2.42. The molecule has 0 atom stereocenters. The van der Waals surface area contributed by atoms with E-state index >= 15 is 0 Å². The van der Waals surface area contributed by atoms with Gasteiger partial charge in [0.05, 0.1) is 13.1 Å². The number of aromatic nitrogens is 3. The van der Waals surface area contributed by atoms with Crippen LogP contribution in [-0.4, -0.2) is 29.1 Å². The number of nitrogens with one attached hydrogen (secondary N) is 2. The van der Waals surface area contributed by atoms with Gasteiger partial charge in [0.2, 0.25) is 15.9 Å². The van der Waals surface area contributed by atoms with Crippen LogP contribution in [0.1, 0.15) is 22.9 Å². The molecule has 2 heterocycles. The van der Waals surface area contributed by atoms with Crippen LogP contribution in [0.3, 0.4) is 0 Å². The van der Waals surface area contributed by atoms with Crippen molar-refractivity contribution in [3.63, 3.8) is 0 Å². The number of benzene rings is 1. The maximum absolute atomic E-state index is 12.6. The first-order valence-electron chi connectivity index (χ1n) is 8.16. The van der Waals surface area contributed by atoms with Gasteiger partial charge in [-0.2, -0.15) is 5.10 Å². The molecule has 0 spiro atoms. The molecule has 2 N–H and O–H groups in total. The average molecular weight is 406 g/mol. The SMILES string of the molecule is CC(=O)NCc1ccc(S(=O)(=O)NCc2ccccc2Cn2cncn2)s1. The lowest BCUT2D eigenvalue weighted by Gasteiger charge is -2.10. The Morgan fingerprint density at radius 1 is 1.15 bits per heavy atom. The maximum Gasteiger partial charge on any atom is 0.250 e. The molecule has 0 saturated carbocycles. The van der Waals surface area contributed by atoms with Crippen LogP contribution in [0.2, 0.25) is 0 Å². The van der Waals surface area contributed by atoms with Gasteiger partial charge in [-0.05, 0) is 23.3 Å². The molecule has 27 heavy (non-hydrogen) atoms. The molecule has 8 nitrogen and oxygen atoms in total. The van der Waals surface area contributed by atoms with Gasteiger partial charge in [-0.15, -0.1) is 11.3 Å². The van der Waals surface area contributed by atoms with Crippen LogP contribution in [0.15, 0.2) is 53.3 Å². The van der Waals surface area contributed by atoms with Crippen LogP contribution in [0.4, 0.5) is 0 Å².